The molecule has 8 heteroatoms. The van der Waals surface area contributed by atoms with Crippen LogP contribution in [0.5, 0.6) is 0 Å². The Kier molecular flexibility index (Phi) is 4.59. The van der Waals surface area contributed by atoms with Gasteiger partial charge in [-0.1, -0.05) is 5.16 Å². The van der Waals surface area contributed by atoms with E-state index in [1.807, 2.05) is 12.1 Å². The minimum atomic E-state index is -3.26. The first-order chi connectivity index (χ1) is 9.91. The molecule has 2 N–H and O–H groups in total. The van der Waals surface area contributed by atoms with Crippen molar-refractivity contribution in [3.05, 3.63) is 30.1 Å². The molecule has 114 valence electrons. The molecule has 0 spiro atoms. The molecule has 0 saturated heterocycles. The first kappa shape index (κ1) is 15.5. The third-order valence-electron chi connectivity index (χ3n) is 3.02. The third-order valence-corrected chi connectivity index (χ3v) is 4.52. The molecule has 0 aliphatic heterocycles. The van der Waals surface area contributed by atoms with Crippen molar-refractivity contribution in [1.82, 2.24) is 10.1 Å². The molecule has 1 aromatic carbocycles. The minimum Gasteiger partial charge on any atom is -0.395 e. The first-order valence-electron chi connectivity index (χ1n) is 6.39. The SMILES string of the molecule is CC(c1noc(-c2ccc(NCCO)cc2)n1)S(C)(=O)=O. The minimum absolute atomic E-state index is 0.0537. The van der Waals surface area contributed by atoms with E-state index in [2.05, 4.69) is 15.5 Å². The summed E-state index contributed by atoms with van der Waals surface area (Å²) in [6, 6.07) is 7.19. The summed E-state index contributed by atoms with van der Waals surface area (Å²) in [5, 5.41) is 14.7. The van der Waals surface area contributed by atoms with Gasteiger partial charge in [0.1, 0.15) is 5.25 Å². The van der Waals surface area contributed by atoms with E-state index in [1.165, 1.54) is 6.92 Å². The van der Waals surface area contributed by atoms with E-state index < -0.39 is 15.1 Å². The quantitative estimate of drug-likeness (QED) is 0.827. The predicted octanol–water partition coefficient (Wildman–Crippen LogP) is 1.25. The number of nitrogens with one attached hydrogen (secondary N) is 1. The van der Waals surface area contributed by atoms with Gasteiger partial charge in [-0.25, -0.2) is 8.42 Å². The molecule has 0 amide bonds. The Balaban J connectivity index is 2.18. The van der Waals surface area contributed by atoms with Gasteiger partial charge in [0.05, 0.1) is 6.61 Å². The van der Waals surface area contributed by atoms with Crippen molar-refractivity contribution in [3.63, 3.8) is 0 Å². The van der Waals surface area contributed by atoms with Crippen molar-refractivity contribution in [2.24, 2.45) is 0 Å². The zero-order valence-electron chi connectivity index (χ0n) is 11.8. The van der Waals surface area contributed by atoms with Gasteiger partial charge >= 0.3 is 0 Å². The first-order valence-corrected chi connectivity index (χ1v) is 8.35. The lowest BCUT2D eigenvalue weighted by molar-refractivity contribution is 0.311. The number of anilines is 1. The van der Waals surface area contributed by atoms with Crippen LogP contribution in [0.4, 0.5) is 5.69 Å². The molecule has 1 heterocycles. The van der Waals surface area contributed by atoms with Crippen LogP contribution in [0.15, 0.2) is 28.8 Å². The summed E-state index contributed by atoms with van der Waals surface area (Å²) in [4.78, 5) is 4.12. The second kappa shape index (κ2) is 6.23. The molecule has 2 aromatic rings. The van der Waals surface area contributed by atoms with Crippen molar-refractivity contribution in [3.8, 4) is 11.5 Å². The monoisotopic (exact) mass is 311 g/mol. The highest BCUT2D eigenvalue weighted by atomic mass is 32.2. The van der Waals surface area contributed by atoms with Crippen molar-refractivity contribution in [1.29, 1.82) is 0 Å². The van der Waals surface area contributed by atoms with Gasteiger partial charge in [0, 0.05) is 24.1 Å². The zero-order valence-corrected chi connectivity index (χ0v) is 12.6. The molecule has 21 heavy (non-hydrogen) atoms. The normalized spacial score (nSPS) is 13.1. The summed E-state index contributed by atoms with van der Waals surface area (Å²) in [5.41, 5.74) is 1.56. The van der Waals surface area contributed by atoms with Gasteiger partial charge in [0.2, 0.25) is 0 Å². The summed E-state index contributed by atoms with van der Waals surface area (Å²) < 4.78 is 28.0. The Morgan fingerprint density at radius 2 is 2.00 bits per heavy atom. The van der Waals surface area contributed by atoms with Gasteiger partial charge in [-0.2, -0.15) is 4.98 Å². The van der Waals surface area contributed by atoms with Crippen molar-refractivity contribution < 1.29 is 18.0 Å². The average molecular weight is 311 g/mol. The molecule has 1 unspecified atom stereocenters. The third kappa shape index (κ3) is 3.79. The highest BCUT2D eigenvalue weighted by molar-refractivity contribution is 7.90. The molecule has 1 aromatic heterocycles. The number of aliphatic hydroxyl groups is 1. The molecular weight excluding hydrogens is 294 g/mol. The smallest absolute Gasteiger partial charge is 0.257 e. The van der Waals surface area contributed by atoms with Crippen LogP contribution in [-0.2, 0) is 9.84 Å². The van der Waals surface area contributed by atoms with E-state index >= 15 is 0 Å². The lowest BCUT2D eigenvalue weighted by Gasteiger charge is -2.04. The van der Waals surface area contributed by atoms with Crippen molar-refractivity contribution >= 4 is 15.5 Å². The van der Waals surface area contributed by atoms with Gasteiger partial charge in [-0.05, 0) is 31.2 Å². The second-order valence-corrected chi connectivity index (χ2v) is 7.02. The van der Waals surface area contributed by atoms with E-state index in [9.17, 15) is 8.42 Å². The topological polar surface area (TPSA) is 105 Å². The van der Waals surface area contributed by atoms with E-state index in [4.69, 9.17) is 9.63 Å². The molecule has 1 atom stereocenters. The van der Waals surface area contributed by atoms with E-state index in [1.54, 1.807) is 12.1 Å². The summed E-state index contributed by atoms with van der Waals surface area (Å²) in [6.07, 6.45) is 1.13. The zero-order chi connectivity index (χ0) is 15.5. The van der Waals surface area contributed by atoms with Crippen molar-refractivity contribution in [2.75, 3.05) is 24.7 Å². The predicted molar refractivity (Wildman–Crippen MR) is 78.6 cm³/mol. The number of nitrogens with zero attached hydrogens (tertiary/aromatic N) is 2. The van der Waals surface area contributed by atoms with Gasteiger partial charge in [0.25, 0.3) is 5.89 Å². The number of aromatic nitrogens is 2. The fourth-order valence-electron chi connectivity index (χ4n) is 1.64. The highest BCUT2D eigenvalue weighted by Gasteiger charge is 2.23. The lowest BCUT2D eigenvalue weighted by atomic mass is 10.2. The molecule has 0 aliphatic carbocycles. The standard InChI is InChI=1S/C13H17N3O4S/c1-9(21(2,18)19)12-15-13(20-16-12)10-3-5-11(6-4-10)14-7-8-17/h3-6,9,14,17H,7-8H2,1-2H3. The maximum absolute atomic E-state index is 11.5. The summed E-state index contributed by atoms with van der Waals surface area (Å²) in [7, 11) is -3.26. The van der Waals surface area contributed by atoms with Crippen molar-refractivity contribution in [2.45, 2.75) is 12.2 Å². The van der Waals surface area contributed by atoms with E-state index in [-0.39, 0.29) is 18.3 Å². The van der Waals surface area contributed by atoms with E-state index in [0.29, 0.717) is 12.1 Å². The van der Waals surface area contributed by atoms with Crippen LogP contribution in [0, 0.1) is 0 Å². The number of sulfone groups is 1. The molecule has 0 radical (unpaired) electrons. The Bertz CT molecular complexity index is 694. The molecule has 7 nitrogen and oxygen atoms in total. The molecule has 0 fully saturated rings. The molecule has 0 saturated carbocycles. The Morgan fingerprint density at radius 1 is 1.33 bits per heavy atom. The largest absolute Gasteiger partial charge is 0.395 e. The number of hydrogen-bond donors (Lipinski definition) is 2. The summed E-state index contributed by atoms with van der Waals surface area (Å²) in [6.45, 7) is 2.04. The number of hydrogen-bond acceptors (Lipinski definition) is 7. The molecule has 0 bridgehead atoms. The van der Waals surface area contributed by atoms with Gasteiger partial charge in [0.15, 0.2) is 15.7 Å². The average Bonchev–Trinajstić information content (AvgIpc) is 2.93. The summed E-state index contributed by atoms with van der Waals surface area (Å²) in [5.74, 6) is 0.421. The van der Waals surface area contributed by atoms with Crippen LogP contribution >= 0.6 is 0 Å². The number of benzene rings is 1. The maximum Gasteiger partial charge on any atom is 0.257 e. The fourth-order valence-corrected chi connectivity index (χ4v) is 2.12. The van der Waals surface area contributed by atoms with Crippen LogP contribution < -0.4 is 5.32 Å². The number of aliphatic hydroxyl groups excluding tert-OH is 1. The maximum atomic E-state index is 11.5. The second-order valence-electron chi connectivity index (χ2n) is 4.66. The fraction of sp³-hybridized carbons (Fsp3) is 0.385. The molecule has 0 aliphatic rings. The summed E-state index contributed by atoms with van der Waals surface area (Å²) >= 11 is 0. The van der Waals surface area contributed by atoms with Gasteiger partial charge < -0.3 is 14.9 Å². The van der Waals surface area contributed by atoms with Crippen LogP contribution in [0.1, 0.15) is 18.0 Å². The lowest BCUT2D eigenvalue weighted by Crippen LogP contribution is -2.09. The number of rotatable bonds is 6. The Hall–Kier alpha value is -1.93. The Labute approximate surface area is 122 Å². The molecule has 2 rings (SSSR count). The van der Waals surface area contributed by atoms with E-state index in [0.717, 1.165) is 11.9 Å². The van der Waals surface area contributed by atoms with Crippen LogP contribution in [0.25, 0.3) is 11.5 Å². The molecular formula is C13H17N3O4S. The van der Waals surface area contributed by atoms with Gasteiger partial charge in [-0.15, -0.1) is 0 Å². The van der Waals surface area contributed by atoms with Crippen LogP contribution in [-0.4, -0.2) is 43.1 Å². The highest BCUT2D eigenvalue weighted by Crippen LogP contribution is 2.23. The Morgan fingerprint density at radius 3 is 2.57 bits per heavy atom. The van der Waals surface area contributed by atoms with Crippen LogP contribution in [0.2, 0.25) is 0 Å². The van der Waals surface area contributed by atoms with Crippen LogP contribution in [0.3, 0.4) is 0 Å². The van der Waals surface area contributed by atoms with Gasteiger partial charge in [-0.3, -0.25) is 0 Å².